The van der Waals surface area contributed by atoms with Crippen LogP contribution in [-0.4, -0.2) is 35.3 Å². The molecule has 1 unspecified atom stereocenters. The standard InChI is InChI=1S/C8H16N4/c1-7(6-11(2)3)12-5-4-8(9)10-12/h4-5,7H,6H2,1-3H3,(H2,9,10). The average molecular weight is 168 g/mol. The van der Waals surface area contributed by atoms with Crippen molar-refractivity contribution in [2.24, 2.45) is 0 Å². The molecule has 1 aromatic heterocycles. The molecule has 0 spiro atoms. The summed E-state index contributed by atoms with van der Waals surface area (Å²) in [6.45, 7) is 3.09. The summed E-state index contributed by atoms with van der Waals surface area (Å²) in [5, 5.41) is 4.13. The van der Waals surface area contributed by atoms with Crippen LogP contribution >= 0.6 is 0 Å². The van der Waals surface area contributed by atoms with Gasteiger partial charge < -0.3 is 10.6 Å². The molecule has 0 aliphatic rings. The van der Waals surface area contributed by atoms with Gasteiger partial charge in [0.05, 0.1) is 6.04 Å². The van der Waals surface area contributed by atoms with Crippen molar-refractivity contribution in [3.05, 3.63) is 12.3 Å². The van der Waals surface area contributed by atoms with Crippen LogP contribution < -0.4 is 5.73 Å². The van der Waals surface area contributed by atoms with Gasteiger partial charge in [-0.25, -0.2) is 0 Å². The van der Waals surface area contributed by atoms with Crippen LogP contribution in [0.15, 0.2) is 12.3 Å². The van der Waals surface area contributed by atoms with Crippen molar-refractivity contribution < 1.29 is 0 Å². The molecule has 0 saturated heterocycles. The highest BCUT2D eigenvalue weighted by Crippen LogP contribution is 2.06. The van der Waals surface area contributed by atoms with Gasteiger partial charge in [-0.15, -0.1) is 0 Å². The Hall–Kier alpha value is -1.03. The Morgan fingerprint density at radius 2 is 2.33 bits per heavy atom. The van der Waals surface area contributed by atoms with E-state index in [0.717, 1.165) is 6.54 Å². The molecular weight excluding hydrogens is 152 g/mol. The number of nitrogens with two attached hydrogens (primary N) is 1. The van der Waals surface area contributed by atoms with Crippen LogP contribution in [0.25, 0.3) is 0 Å². The molecule has 4 nitrogen and oxygen atoms in total. The normalized spacial score (nSPS) is 13.7. The number of hydrogen-bond donors (Lipinski definition) is 1. The number of nitrogens with zero attached hydrogens (tertiary/aromatic N) is 3. The zero-order chi connectivity index (χ0) is 9.14. The Morgan fingerprint density at radius 3 is 2.75 bits per heavy atom. The maximum absolute atomic E-state index is 5.50. The zero-order valence-electron chi connectivity index (χ0n) is 7.86. The predicted octanol–water partition coefficient (Wildman–Crippen LogP) is 0.588. The van der Waals surface area contributed by atoms with Crippen LogP contribution in [0, 0.1) is 0 Å². The summed E-state index contributed by atoms with van der Waals surface area (Å²) in [6.07, 6.45) is 1.91. The highest BCUT2D eigenvalue weighted by atomic mass is 15.3. The van der Waals surface area contributed by atoms with E-state index in [1.54, 1.807) is 0 Å². The highest BCUT2D eigenvalue weighted by molar-refractivity contribution is 5.23. The third-order valence-electron chi connectivity index (χ3n) is 1.71. The van der Waals surface area contributed by atoms with Crippen LogP contribution in [0.5, 0.6) is 0 Å². The Bertz CT molecular complexity index is 241. The zero-order valence-corrected chi connectivity index (χ0v) is 7.86. The van der Waals surface area contributed by atoms with Crippen LogP contribution in [0.1, 0.15) is 13.0 Å². The minimum atomic E-state index is 0.372. The predicted molar refractivity (Wildman–Crippen MR) is 49.9 cm³/mol. The minimum Gasteiger partial charge on any atom is -0.382 e. The summed E-state index contributed by atoms with van der Waals surface area (Å²) in [4.78, 5) is 2.13. The lowest BCUT2D eigenvalue weighted by atomic mass is 10.3. The van der Waals surface area contributed by atoms with Crippen molar-refractivity contribution in [1.29, 1.82) is 0 Å². The summed E-state index contributed by atoms with van der Waals surface area (Å²) in [6, 6.07) is 2.18. The van der Waals surface area contributed by atoms with Gasteiger partial charge in [-0.3, -0.25) is 4.68 Å². The molecule has 1 atom stereocenters. The first-order valence-corrected chi connectivity index (χ1v) is 4.05. The van der Waals surface area contributed by atoms with Gasteiger partial charge >= 0.3 is 0 Å². The second-order valence-electron chi connectivity index (χ2n) is 3.33. The van der Waals surface area contributed by atoms with Gasteiger partial charge in [-0.2, -0.15) is 5.10 Å². The molecule has 1 aromatic rings. The number of likely N-dealkylation sites (N-methyl/N-ethyl adjacent to an activating group) is 1. The first kappa shape index (κ1) is 9.06. The van der Waals surface area contributed by atoms with Crippen LogP contribution in [0.2, 0.25) is 0 Å². The van der Waals surface area contributed by atoms with E-state index < -0.39 is 0 Å². The van der Waals surface area contributed by atoms with E-state index in [1.165, 1.54) is 0 Å². The SMILES string of the molecule is CC(CN(C)C)n1ccc(N)n1. The smallest absolute Gasteiger partial charge is 0.145 e. The summed E-state index contributed by atoms with van der Waals surface area (Å²) in [7, 11) is 4.09. The van der Waals surface area contributed by atoms with E-state index in [4.69, 9.17) is 5.73 Å². The third-order valence-corrected chi connectivity index (χ3v) is 1.71. The topological polar surface area (TPSA) is 47.1 Å². The Balaban J connectivity index is 2.58. The van der Waals surface area contributed by atoms with E-state index in [1.807, 2.05) is 31.0 Å². The Morgan fingerprint density at radius 1 is 1.67 bits per heavy atom. The third kappa shape index (κ3) is 2.23. The molecule has 0 aliphatic heterocycles. The fraction of sp³-hybridized carbons (Fsp3) is 0.625. The maximum Gasteiger partial charge on any atom is 0.145 e. The largest absolute Gasteiger partial charge is 0.382 e. The van der Waals surface area contributed by atoms with Gasteiger partial charge in [0, 0.05) is 12.7 Å². The molecule has 1 heterocycles. The lowest BCUT2D eigenvalue weighted by Crippen LogP contribution is -2.22. The van der Waals surface area contributed by atoms with E-state index in [0.29, 0.717) is 11.9 Å². The van der Waals surface area contributed by atoms with E-state index >= 15 is 0 Å². The maximum atomic E-state index is 5.50. The van der Waals surface area contributed by atoms with E-state index in [2.05, 4.69) is 16.9 Å². The van der Waals surface area contributed by atoms with Gasteiger partial charge in [0.2, 0.25) is 0 Å². The quantitative estimate of drug-likeness (QED) is 0.718. The summed E-state index contributed by atoms with van der Waals surface area (Å²) in [5.41, 5.74) is 5.50. The fourth-order valence-electron chi connectivity index (χ4n) is 1.21. The lowest BCUT2D eigenvalue weighted by Gasteiger charge is -2.16. The number of aromatic nitrogens is 2. The molecule has 2 N–H and O–H groups in total. The van der Waals surface area contributed by atoms with E-state index in [-0.39, 0.29) is 0 Å². The molecule has 0 amide bonds. The number of rotatable bonds is 3. The molecule has 4 heteroatoms. The molecule has 0 aliphatic carbocycles. The van der Waals surface area contributed by atoms with Crippen LogP contribution in [-0.2, 0) is 0 Å². The first-order valence-electron chi connectivity index (χ1n) is 4.05. The first-order chi connectivity index (χ1) is 5.59. The molecular formula is C8H16N4. The van der Waals surface area contributed by atoms with Gasteiger partial charge in [0.15, 0.2) is 0 Å². The molecule has 0 radical (unpaired) electrons. The second kappa shape index (κ2) is 3.58. The molecule has 68 valence electrons. The summed E-state index contributed by atoms with van der Waals surface area (Å²) in [5.74, 6) is 0.584. The van der Waals surface area contributed by atoms with Crippen molar-refractivity contribution >= 4 is 5.82 Å². The minimum absolute atomic E-state index is 0.372. The average Bonchev–Trinajstić information content (AvgIpc) is 2.34. The Labute approximate surface area is 73.0 Å². The van der Waals surface area contributed by atoms with Gasteiger partial charge in [-0.05, 0) is 27.1 Å². The molecule has 0 fully saturated rings. The van der Waals surface area contributed by atoms with Crippen molar-refractivity contribution in [1.82, 2.24) is 14.7 Å². The van der Waals surface area contributed by atoms with E-state index in [9.17, 15) is 0 Å². The second-order valence-corrected chi connectivity index (χ2v) is 3.33. The monoisotopic (exact) mass is 168 g/mol. The van der Waals surface area contributed by atoms with Crippen LogP contribution in [0.3, 0.4) is 0 Å². The van der Waals surface area contributed by atoms with Crippen LogP contribution in [0.4, 0.5) is 5.82 Å². The molecule has 0 aromatic carbocycles. The molecule has 0 bridgehead atoms. The van der Waals surface area contributed by atoms with Gasteiger partial charge in [0.25, 0.3) is 0 Å². The Kier molecular flexibility index (Phi) is 2.70. The highest BCUT2D eigenvalue weighted by Gasteiger charge is 2.05. The summed E-state index contributed by atoms with van der Waals surface area (Å²) >= 11 is 0. The molecule has 1 rings (SSSR count). The molecule has 12 heavy (non-hydrogen) atoms. The fourth-order valence-corrected chi connectivity index (χ4v) is 1.21. The summed E-state index contributed by atoms with van der Waals surface area (Å²) < 4.78 is 1.88. The van der Waals surface area contributed by atoms with Gasteiger partial charge in [0.1, 0.15) is 5.82 Å². The number of nitrogen functional groups attached to an aromatic ring is 1. The lowest BCUT2D eigenvalue weighted by molar-refractivity contribution is 0.323. The number of hydrogen-bond acceptors (Lipinski definition) is 3. The number of anilines is 1. The molecule has 0 saturated carbocycles. The van der Waals surface area contributed by atoms with Crippen molar-refractivity contribution in [2.75, 3.05) is 26.4 Å². The van der Waals surface area contributed by atoms with Gasteiger partial charge in [-0.1, -0.05) is 0 Å². The van der Waals surface area contributed by atoms with Crippen molar-refractivity contribution in [3.63, 3.8) is 0 Å². The van der Waals surface area contributed by atoms with Crippen molar-refractivity contribution in [2.45, 2.75) is 13.0 Å². The van der Waals surface area contributed by atoms with Crippen molar-refractivity contribution in [3.8, 4) is 0 Å².